The van der Waals surface area contributed by atoms with Crippen molar-refractivity contribution in [2.45, 2.75) is 44.6 Å². The van der Waals surface area contributed by atoms with E-state index in [0.29, 0.717) is 6.42 Å². The summed E-state index contributed by atoms with van der Waals surface area (Å²) in [4.78, 5) is 0. The molecule has 82 valence electrons. The van der Waals surface area contributed by atoms with Gasteiger partial charge < -0.3 is 0 Å². The molecule has 0 amide bonds. The van der Waals surface area contributed by atoms with Crippen LogP contribution >= 0.6 is 0 Å². The van der Waals surface area contributed by atoms with Gasteiger partial charge in [0, 0.05) is 11.5 Å². The number of aromatic nitrogens is 2. The summed E-state index contributed by atoms with van der Waals surface area (Å²) in [5.74, 6) is -3.03. The van der Waals surface area contributed by atoms with E-state index < -0.39 is 11.8 Å². The molecule has 1 saturated carbocycles. The molecule has 2 unspecified atom stereocenters. The quantitative estimate of drug-likeness (QED) is 0.646. The SMILES string of the molecule is CC(C)(C)n1ncc2c1C(F)(F)C1CC21. The van der Waals surface area contributed by atoms with E-state index in [1.807, 2.05) is 20.8 Å². The molecular formula is C11H14F2N2. The van der Waals surface area contributed by atoms with E-state index in [2.05, 4.69) is 5.10 Å². The summed E-state index contributed by atoms with van der Waals surface area (Å²) < 4.78 is 29.4. The maximum Gasteiger partial charge on any atom is 0.293 e. The van der Waals surface area contributed by atoms with Crippen molar-refractivity contribution in [1.29, 1.82) is 0 Å². The highest BCUT2D eigenvalue weighted by Crippen LogP contribution is 2.67. The second-order valence-electron chi connectivity index (χ2n) is 5.60. The van der Waals surface area contributed by atoms with E-state index in [1.165, 1.54) is 4.68 Å². The lowest BCUT2D eigenvalue weighted by Gasteiger charge is -2.25. The van der Waals surface area contributed by atoms with Gasteiger partial charge in [0.25, 0.3) is 5.92 Å². The Labute approximate surface area is 87.3 Å². The molecule has 0 saturated heterocycles. The van der Waals surface area contributed by atoms with Gasteiger partial charge in [-0.15, -0.1) is 0 Å². The maximum atomic E-state index is 13.9. The number of halogens is 2. The van der Waals surface area contributed by atoms with Crippen molar-refractivity contribution in [3.63, 3.8) is 0 Å². The van der Waals surface area contributed by atoms with Crippen LogP contribution < -0.4 is 0 Å². The zero-order valence-electron chi connectivity index (χ0n) is 9.09. The molecule has 1 fully saturated rings. The molecule has 2 aliphatic carbocycles. The number of nitrogens with zero attached hydrogens (tertiary/aromatic N) is 2. The summed E-state index contributed by atoms with van der Waals surface area (Å²) >= 11 is 0. The molecule has 1 aromatic heterocycles. The van der Waals surface area contributed by atoms with E-state index in [0.717, 1.165) is 5.56 Å². The van der Waals surface area contributed by atoms with Gasteiger partial charge in [-0.2, -0.15) is 13.9 Å². The van der Waals surface area contributed by atoms with E-state index in [9.17, 15) is 8.78 Å². The average molecular weight is 212 g/mol. The minimum atomic E-state index is -2.66. The fourth-order valence-corrected chi connectivity index (χ4v) is 2.59. The first kappa shape index (κ1) is 9.31. The van der Waals surface area contributed by atoms with Crippen molar-refractivity contribution >= 4 is 0 Å². The highest BCUT2D eigenvalue weighted by molar-refractivity contribution is 5.41. The van der Waals surface area contributed by atoms with Crippen molar-refractivity contribution < 1.29 is 8.78 Å². The Kier molecular flexibility index (Phi) is 1.40. The summed E-state index contributed by atoms with van der Waals surface area (Å²) in [6.07, 6.45) is 2.27. The van der Waals surface area contributed by atoms with Gasteiger partial charge in [0.2, 0.25) is 0 Å². The van der Waals surface area contributed by atoms with Crippen LogP contribution in [0.2, 0.25) is 0 Å². The predicted octanol–water partition coefficient (Wildman–Crippen LogP) is 2.85. The summed E-state index contributed by atoms with van der Waals surface area (Å²) in [5.41, 5.74) is 0.574. The smallest absolute Gasteiger partial charge is 0.258 e. The number of rotatable bonds is 0. The summed E-state index contributed by atoms with van der Waals surface area (Å²) in [5, 5.41) is 4.12. The Morgan fingerprint density at radius 1 is 1.47 bits per heavy atom. The average Bonchev–Trinajstić information content (AvgIpc) is 2.68. The van der Waals surface area contributed by atoms with Crippen LogP contribution in [0, 0.1) is 5.92 Å². The predicted molar refractivity (Wildman–Crippen MR) is 52.0 cm³/mol. The lowest BCUT2D eigenvalue weighted by atomic mass is 10.1. The summed E-state index contributed by atoms with van der Waals surface area (Å²) in [6.45, 7) is 5.71. The van der Waals surface area contributed by atoms with Gasteiger partial charge in [-0.1, -0.05) is 0 Å². The maximum absolute atomic E-state index is 13.9. The van der Waals surface area contributed by atoms with Crippen molar-refractivity contribution in [3.8, 4) is 0 Å². The fraction of sp³-hybridized carbons (Fsp3) is 0.727. The van der Waals surface area contributed by atoms with Gasteiger partial charge >= 0.3 is 0 Å². The molecule has 0 aliphatic heterocycles. The van der Waals surface area contributed by atoms with Crippen LogP contribution in [0.4, 0.5) is 8.78 Å². The van der Waals surface area contributed by atoms with Gasteiger partial charge in [0.15, 0.2) is 0 Å². The van der Waals surface area contributed by atoms with Crippen LogP contribution in [-0.4, -0.2) is 9.78 Å². The van der Waals surface area contributed by atoms with Gasteiger partial charge in [-0.3, -0.25) is 4.68 Å². The Morgan fingerprint density at radius 3 is 2.73 bits per heavy atom. The van der Waals surface area contributed by atoms with Crippen molar-refractivity contribution in [3.05, 3.63) is 17.5 Å². The number of alkyl halides is 2. The van der Waals surface area contributed by atoms with Crippen LogP contribution in [0.25, 0.3) is 0 Å². The molecular weight excluding hydrogens is 198 g/mol. The van der Waals surface area contributed by atoms with Crippen LogP contribution in [-0.2, 0) is 11.5 Å². The molecule has 0 aromatic carbocycles. The fourth-order valence-electron chi connectivity index (χ4n) is 2.59. The van der Waals surface area contributed by atoms with E-state index in [-0.39, 0.29) is 17.2 Å². The molecule has 3 rings (SSSR count). The first-order valence-corrected chi connectivity index (χ1v) is 5.30. The molecule has 0 spiro atoms. The standard InChI is InChI=1S/C11H14F2N2/c1-10(2,3)15-9-7(5-14-15)6-4-8(6)11(9,12)13/h5-6,8H,4H2,1-3H3. The first-order chi connectivity index (χ1) is 6.83. The number of fused-ring (bicyclic) bond motifs is 3. The van der Waals surface area contributed by atoms with Gasteiger partial charge in [-0.05, 0) is 33.1 Å². The molecule has 2 nitrogen and oxygen atoms in total. The second kappa shape index (κ2) is 2.25. The lowest BCUT2D eigenvalue weighted by molar-refractivity contribution is -0.0342. The van der Waals surface area contributed by atoms with E-state index >= 15 is 0 Å². The zero-order valence-corrected chi connectivity index (χ0v) is 9.09. The van der Waals surface area contributed by atoms with Crippen LogP contribution in [0.5, 0.6) is 0 Å². The molecule has 1 aromatic rings. The molecule has 2 atom stereocenters. The third kappa shape index (κ3) is 0.998. The highest BCUT2D eigenvalue weighted by atomic mass is 19.3. The zero-order chi connectivity index (χ0) is 11.0. The second-order valence-corrected chi connectivity index (χ2v) is 5.60. The Balaban J connectivity index is 2.20. The Morgan fingerprint density at radius 2 is 2.13 bits per heavy atom. The minimum absolute atomic E-state index is 0.0751. The molecule has 2 aliphatic rings. The molecule has 4 heteroatoms. The van der Waals surface area contributed by atoms with Crippen LogP contribution in [0.1, 0.15) is 44.4 Å². The highest BCUT2D eigenvalue weighted by Gasteiger charge is 2.66. The molecule has 0 N–H and O–H groups in total. The molecule has 0 radical (unpaired) electrons. The normalized spacial score (nSPS) is 31.3. The third-order valence-corrected chi connectivity index (χ3v) is 3.40. The lowest BCUT2D eigenvalue weighted by Crippen LogP contribution is -2.30. The van der Waals surface area contributed by atoms with Crippen molar-refractivity contribution in [2.75, 3.05) is 0 Å². The molecule has 15 heavy (non-hydrogen) atoms. The van der Waals surface area contributed by atoms with Crippen LogP contribution in [0.3, 0.4) is 0 Å². The number of hydrogen-bond acceptors (Lipinski definition) is 1. The van der Waals surface area contributed by atoms with E-state index in [1.54, 1.807) is 6.20 Å². The Bertz CT molecular complexity index is 428. The minimum Gasteiger partial charge on any atom is -0.258 e. The molecule has 1 heterocycles. The summed E-state index contributed by atoms with van der Waals surface area (Å²) in [6, 6.07) is 0. The summed E-state index contributed by atoms with van der Waals surface area (Å²) in [7, 11) is 0. The van der Waals surface area contributed by atoms with Gasteiger partial charge in [0.1, 0.15) is 5.69 Å². The molecule has 0 bridgehead atoms. The Hall–Kier alpha value is -0.930. The third-order valence-electron chi connectivity index (χ3n) is 3.40. The van der Waals surface area contributed by atoms with Crippen LogP contribution in [0.15, 0.2) is 6.20 Å². The van der Waals surface area contributed by atoms with Gasteiger partial charge in [-0.25, -0.2) is 0 Å². The van der Waals surface area contributed by atoms with Crippen molar-refractivity contribution in [2.24, 2.45) is 5.92 Å². The van der Waals surface area contributed by atoms with E-state index in [4.69, 9.17) is 0 Å². The topological polar surface area (TPSA) is 17.8 Å². The monoisotopic (exact) mass is 212 g/mol. The number of hydrogen-bond donors (Lipinski definition) is 0. The largest absolute Gasteiger partial charge is 0.293 e. The van der Waals surface area contributed by atoms with Gasteiger partial charge in [0.05, 0.1) is 11.7 Å². The first-order valence-electron chi connectivity index (χ1n) is 5.30. The van der Waals surface area contributed by atoms with Crippen molar-refractivity contribution in [1.82, 2.24) is 9.78 Å².